The van der Waals surface area contributed by atoms with Crippen LogP contribution in [0.4, 0.5) is 5.69 Å². The van der Waals surface area contributed by atoms with Crippen LogP contribution >= 0.6 is 0 Å². The summed E-state index contributed by atoms with van der Waals surface area (Å²) in [7, 11) is 4.01. The zero-order valence-corrected chi connectivity index (χ0v) is 12.5. The third kappa shape index (κ3) is 4.56. The molecule has 4 heteroatoms. The quantitative estimate of drug-likeness (QED) is 0.798. The number of hydrogen-bond acceptors (Lipinski definition) is 3. The molecule has 0 aliphatic rings. The molecule has 0 radical (unpaired) electrons. The van der Waals surface area contributed by atoms with E-state index in [2.05, 4.69) is 24.1 Å². The van der Waals surface area contributed by atoms with Crippen LogP contribution in [0.5, 0.6) is 0 Å². The first-order chi connectivity index (χ1) is 8.81. The fourth-order valence-corrected chi connectivity index (χ4v) is 1.95. The minimum Gasteiger partial charge on any atom is -0.399 e. The van der Waals surface area contributed by atoms with Gasteiger partial charge in [-0.2, -0.15) is 0 Å². The summed E-state index contributed by atoms with van der Waals surface area (Å²) < 4.78 is 0. The molecule has 1 aromatic rings. The Morgan fingerprint density at radius 3 is 2.53 bits per heavy atom. The number of nitrogens with one attached hydrogen (secondary N) is 1. The number of carbonyl (C=O) groups is 1. The predicted octanol–water partition coefficient (Wildman–Crippen LogP) is 1.89. The Labute approximate surface area is 116 Å². The third-order valence-corrected chi connectivity index (χ3v) is 3.19. The van der Waals surface area contributed by atoms with Crippen LogP contribution in [-0.2, 0) is 0 Å². The van der Waals surface area contributed by atoms with Gasteiger partial charge < -0.3 is 16.0 Å². The summed E-state index contributed by atoms with van der Waals surface area (Å²) in [4.78, 5) is 14.4. The van der Waals surface area contributed by atoms with E-state index in [1.54, 1.807) is 6.07 Å². The number of nitrogens with two attached hydrogens (primary N) is 1. The van der Waals surface area contributed by atoms with E-state index in [4.69, 9.17) is 5.73 Å². The van der Waals surface area contributed by atoms with Crippen molar-refractivity contribution in [1.82, 2.24) is 10.2 Å². The summed E-state index contributed by atoms with van der Waals surface area (Å²) in [6.45, 7) is 6.97. The van der Waals surface area contributed by atoms with Crippen LogP contribution < -0.4 is 11.1 Å². The van der Waals surface area contributed by atoms with Gasteiger partial charge in [-0.1, -0.05) is 19.9 Å². The Kier molecular flexibility index (Phi) is 5.36. The monoisotopic (exact) mass is 263 g/mol. The molecule has 1 atom stereocenters. The van der Waals surface area contributed by atoms with Crippen LogP contribution in [0, 0.1) is 12.8 Å². The number of amides is 1. The summed E-state index contributed by atoms with van der Waals surface area (Å²) in [5.41, 5.74) is 7.96. The summed E-state index contributed by atoms with van der Waals surface area (Å²) in [5, 5.41) is 3.10. The van der Waals surface area contributed by atoms with Crippen molar-refractivity contribution in [2.24, 2.45) is 5.92 Å². The van der Waals surface area contributed by atoms with Gasteiger partial charge in [0.25, 0.3) is 5.91 Å². The van der Waals surface area contributed by atoms with Crippen molar-refractivity contribution >= 4 is 11.6 Å². The maximum absolute atomic E-state index is 12.3. The minimum atomic E-state index is -0.0506. The van der Waals surface area contributed by atoms with Crippen molar-refractivity contribution in [1.29, 1.82) is 0 Å². The van der Waals surface area contributed by atoms with Gasteiger partial charge in [-0.05, 0) is 44.6 Å². The van der Waals surface area contributed by atoms with E-state index in [9.17, 15) is 4.79 Å². The maximum Gasteiger partial charge on any atom is 0.251 e. The van der Waals surface area contributed by atoms with Crippen molar-refractivity contribution in [3.05, 3.63) is 29.3 Å². The van der Waals surface area contributed by atoms with Gasteiger partial charge in [0.1, 0.15) is 0 Å². The Morgan fingerprint density at radius 2 is 2.00 bits per heavy atom. The molecular weight excluding hydrogens is 238 g/mol. The van der Waals surface area contributed by atoms with Crippen LogP contribution in [0.1, 0.15) is 29.8 Å². The van der Waals surface area contributed by atoms with Gasteiger partial charge in [0.05, 0.1) is 0 Å². The number of nitrogens with zero attached hydrogens (tertiary/aromatic N) is 1. The summed E-state index contributed by atoms with van der Waals surface area (Å²) in [5.74, 6) is 0.332. The molecule has 1 aromatic carbocycles. The molecule has 0 heterocycles. The Bertz CT molecular complexity index is 441. The highest BCUT2D eigenvalue weighted by Gasteiger charge is 2.19. The number of hydrogen-bond donors (Lipinski definition) is 2. The number of benzene rings is 1. The lowest BCUT2D eigenvalue weighted by molar-refractivity contribution is 0.0916. The predicted molar refractivity (Wildman–Crippen MR) is 80.2 cm³/mol. The number of rotatable bonds is 5. The molecular formula is C15H25N3O. The average molecular weight is 263 g/mol. The lowest BCUT2D eigenvalue weighted by Gasteiger charge is -2.26. The molecule has 0 aromatic heterocycles. The second-order valence-corrected chi connectivity index (χ2v) is 5.66. The highest BCUT2D eigenvalue weighted by atomic mass is 16.1. The molecule has 106 valence electrons. The van der Waals surface area contributed by atoms with Crippen LogP contribution in [0.15, 0.2) is 18.2 Å². The molecule has 1 unspecified atom stereocenters. The third-order valence-electron chi connectivity index (χ3n) is 3.19. The van der Waals surface area contributed by atoms with Gasteiger partial charge in [-0.3, -0.25) is 4.79 Å². The molecule has 0 spiro atoms. The van der Waals surface area contributed by atoms with Crippen molar-refractivity contribution in [3.8, 4) is 0 Å². The van der Waals surface area contributed by atoms with Crippen LogP contribution in [-0.4, -0.2) is 37.5 Å². The molecule has 1 amide bonds. The topological polar surface area (TPSA) is 58.4 Å². The fraction of sp³-hybridized carbons (Fsp3) is 0.533. The first kappa shape index (κ1) is 15.5. The van der Waals surface area contributed by atoms with Crippen LogP contribution in [0.2, 0.25) is 0 Å². The van der Waals surface area contributed by atoms with Crippen molar-refractivity contribution < 1.29 is 4.79 Å². The number of nitrogen functional groups attached to an aromatic ring is 1. The standard InChI is InChI=1S/C15H25N3O/c1-10(2)14(9-18(4)5)17-15(19)13-8-12(16)7-6-11(13)3/h6-8,10,14H,9,16H2,1-5H3,(H,17,19). The molecule has 0 aliphatic carbocycles. The summed E-state index contributed by atoms with van der Waals surface area (Å²) >= 11 is 0. The van der Waals surface area contributed by atoms with Crippen LogP contribution in [0.25, 0.3) is 0 Å². The SMILES string of the molecule is Cc1ccc(N)cc1C(=O)NC(CN(C)C)C(C)C. The van der Waals surface area contributed by atoms with Gasteiger partial charge in [0.15, 0.2) is 0 Å². The molecule has 0 saturated heterocycles. The molecule has 4 nitrogen and oxygen atoms in total. The zero-order valence-electron chi connectivity index (χ0n) is 12.5. The lowest BCUT2D eigenvalue weighted by Crippen LogP contribution is -2.45. The molecule has 0 fully saturated rings. The lowest BCUT2D eigenvalue weighted by atomic mass is 10.0. The van der Waals surface area contributed by atoms with Crippen molar-refractivity contribution in [2.75, 3.05) is 26.4 Å². The number of aryl methyl sites for hydroxylation is 1. The van der Waals surface area contributed by atoms with E-state index >= 15 is 0 Å². The van der Waals surface area contributed by atoms with Gasteiger partial charge >= 0.3 is 0 Å². The molecule has 0 bridgehead atoms. The highest BCUT2D eigenvalue weighted by Crippen LogP contribution is 2.13. The number of carbonyl (C=O) groups excluding carboxylic acids is 1. The molecule has 0 aliphatic heterocycles. The Morgan fingerprint density at radius 1 is 1.37 bits per heavy atom. The number of likely N-dealkylation sites (N-methyl/N-ethyl adjacent to an activating group) is 1. The van der Waals surface area contributed by atoms with Gasteiger partial charge in [0.2, 0.25) is 0 Å². The Balaban J connectivity index is 2.84. The van der Waals surface area contributed by atoms with E-state index in [1.165, 1.54) is 0 Å². The first-order valence-electron chi connectivity index (χ1n) is 6.63. The molecule has 19 heavy (non-hydrogen) atoms. The van der Waals surface area contributed by atoms with E-state index in [1.807, 2.05) is 33.2 Å². The van der Waals surface area contributed by atoms with Gasteiger partial charge in [-0.25, -0.2) is 0 Å². The molecule has 0 saturated carbocycles. The highest BCUT2D eigenvalue weighted by molar-refractivity contribution is 5.96. The van der Waals surface area contributed by atoms with E-state index in [0.29, 0.717) is 17.2 Å². The molecule has 1 rings (SSSR count). The van der Waals surface area contributed by atoms with Crippen LogP contribution in [0.3, 0.4) is 0 Å². The fourth-order valence-electron chi connectivity index (χ4n) is 1.95. The van der Waals surface area contributed by atoms with Gasteiger partial charge in [-0.15, -0.1) is 0 Å². The number of anilines is 1. The van der Waals surface area contributed by atoms with Crippen molar-refractivity contribution in [3.63, 3.8) is 0 Å². The average Bonchev–Trinajstić information content (AvgIpc) is 2.30. The minimum absolute atomic E-state index is 0.0506. The maximum atomic E-state index is 12.3. The molecule has 3 N–H and O–H groups in total. The first-order valence-corrected chi connectivity index (χ1v) is 6.63. The van der Waals surface area contributed by atoms with E-state index < -0.39 is 0 Å². The second kappa shape index (κ2) is 6.57. The van der Waals surface area contributed by atoms with E-state index in [0.717, 1.165) is 12.1 Å². The summed E-state index contributed by atoms with van der Waals surface area (Å²) in [6.07, 6.45) is 0. The normalized spacial score (nSPS) is 12.8. The van der Waals surface area contributed by atoms with E-state index in [-0.39, 0.29) is 11.9 Å². The Hall–Kier alpha value is -1.55. The largest absolute Gasteiger partial charge is 0.399 e. The van der Waals surface area contributed by atoms with Gasteiger partial charge in [0, 0.05) is 23.8 Å². The summed E-state index contributed by atoms with van der Waals surface area (Å²) in [6, 6.07) is 5.55. The smallest absolute Gasteiger partial charge is 0.251 e. The van der Waals surface area contributed by atoms with Crippen molar-refractivity contribution in [2.45, 2.75) is 26.8 Å². The second-order valence-electron chi connectivity index (χ2n) is 5.66. The zero-order chi connectivity index (χ0) is 14.6.